The molecule has 0 saturated carbocycles. The summed E-state index contributed by atoms with van der Waals surface area (Å²) >= 11 is 1.64. The van der Waals surface area contributed by atoms with E-state index in [0.717, 1.165) is 42.0 Å². The number of nitrogens with one attached hydrogen (secondary N) is 1. The second-order valence-electron chi connectivity index (χ2n) is 5.08. The van der Waals surface area contributed by atoms with E-state index in [9.17, 15) is 4.79 Å². The highest BCUT2D eigenvalue weighted by atomic mass is 32.1. The number of anilines is 1. The van der Waals surface area contributed by atoms with Crippen molar-refractivity contribution in [2.45, 2.75) is 26.2 Å². The highest BCUT2D eigenvalue weighted by Crippen LogP contribution is 2.28. The highest BCUT2D eigenvalue weighted by molar-refractivity contribution is 7.18. The molecule has 2 aromatic rings. The minimum atomic E-state index is 0.239. The summed E-state index contributed by atoms with van der Waals surface area (Å²) in [5, 5.41) is 5.35. The van der Waals surface area contributed by atoms with Crippen molar-refractivity contribution < 1.29 is 4.79 Å². The van der Waals surface area contributed by atoms with E-state index in [4.69, 9.17) is 0 Å². The highest BCUT2D eigenvalue weighted by Gasteiger charge is 2.17. The van der Waals surface area contributed by atoms with E-state index in [-0.39, 0.29) is 5.91 Å². The van der Waals surface area contributed by atoms with Crippen molar-refractivity contribution in [1.82, 2.24) is 14.9 Å². The molecule has 3 rings (SSSR count). The third-order valence-corrected chi connectivity index (χ3v) is 4.71. The topological polar surface area (TPSA) is 58.1 Å². The van der Waals surface area contributed by atoms with Gasteiger partial charge in [-0.25, -0.2) is 9.97 Å². The summed E-state index contributed by atoms with van der Waals surface area (Å²) in [5.41, 5.74) is 2.17. The second-order valence-corrected chi connectivity index (χ2v) is 5.96. The van der Waals surface area contributed by atoms with E-state index in [1.54, 1.807) is 17.7 Å². The number of hydrogen-bond donors (Lipinski definition) is 1. The maximum Gasteiger partial charge on any atom is 0.224 e. The zero-order valence-electron chi connectivity index (χ0n) is 11.6. The Balaban J connectivity index is 1.61. The zero-order chi connectivity index (χ0) is 13.9. The molecule has 1 saturated heterocycles. The average Bonchev–Trinajstić information content (AvgIpc) is 3.10. The van der Waals surface area contributed by atoms with Crippen LogP contribution in [0.4, 0.5) is 5.82 Å². The Morgan fingerprint density at radius 1 is 1.40 bits per heavy atom. The lowest BCUT2D eigenvalue weighted by molar-refractivity contribution is -0.129. The number of aromatic nitrogens is 2. The molecule has 0 radical (unpaired) electrons. The van der Waals surface area contributed by atoms with Gasteiger partial charge in [-0.05, 0) is 30.7 Å². The van der Waals surface area contributed by atoms with Crippen LogP contribution in [0.1, 0.15) is 24.8 Å². The molecule has 0 spiro atoms. The normalized spacial score (nSPS) is 14.9. The van der Waals surface area contributed by atoms with Gasteiger partial charge < -0.3 is 10.2 Å². The van der Waals surface area contributed by atoms with Gasteiger partial charge in [0.15, 0.2) is 0 Å². The van der Waals surface area contributed by atoms with Crippen LogP contribution in [0.15, 0.2) is 11.7 Å². The fraction of sp³-hybridized carbons (Fsp3) is 0.500. The van der Waals surface area contributed by atoms with Gasteiger partial charge in [0.2, 0.25) is 5.91 Å². The predicted octanol–water partition coefficient (Wildman–Crippen LogP) is 2.42. The van der Waals surface area contributed by atoms with E-state index in [1.807, 2.05) is 11.8 Å². The van der Waals surface area contributed by atoms with Crippen molar-refractivity contribution in [3.05, 3.63) is 17.3 Å². The molecule has 20 heavy (non-hydrogen) atoms. The van der Waals surface area contributed by atoms with E-state index in [0.29, 0.717) is 13.0 Å². The van der Waals surface area contributed by atoms with Crippen molar-refractivity contribution in [2.24, 2.45) is 0 Å². The lowest BCUT2D eigenvalue weighted by Crippen LogP contribution is -2.29. The maximum absolute atomic E-state index is 12.0. The Bertz CT molecular complexity index is 619. The number of aryl methyl sites for hydroxylation is 1. The van der Waals surface area contributed by atoms with Gasteiger partial charge in [-0.15, -0.1) is 11.3 Å². The number of carbonyl (C=O) groups excluding carboxylic acids is 1. The fourth-order valence-corrected chi connectivity index (χ4v) is 3.48. The Labute approximate surface area is 122 Å². The molecule has 0 aromatic carbocycles. The van der Waals surface area contributed by atoms with Crippen LogP contribution in [0.3, 0.4) is 0 Å². The van der Waals surface area contributed by atoms with Crippen molar-refractivity contribution >= 4 is 33.3 Å². The van der Waals surface area contributed by atoms with Gasteiger partial charge in [0.25, 0.3) is 0 Å². The molecule has 0 aliphatic carbocycles. The van der Waals surface area contributed by atoms with Crippen molar-refractivity contribution in [3.63, 3.8) is 0 Å². The first kappa shape index (κ1) is 13.3. The molecule has 1 fully saturated rings. The fourth-order valence-electron chi connectivity index (χ4n) is 2.51. The third-order valence-electron chi connectivity index (χ3n) is 3.62. The molecular weight excluding hydrogens is 272 g/mol. The van der Waals surface area contributed by atoms with Gasteiger partial charge in [-0.3, -0.25) is 4.79 Å². The number of nitrogens with zero attached hydrogens (tertiary/aromatic N) is 3. The van der Waals surface area contributed by atoms with Crippen LogP contribution in [0.2, 0.25) is 0 Å². The Hall–Kier alpha value is -1.69. The minimum Gasteiger partial charge on any atom is -0.368 e. The average molecular weight is 290 g/mol. The molecule has 6 heteroatoms. The smallest absolute Gasteiger partial charge is 0.224 e. The Morgan fingerprint density at radius 3 is 3.00 bits per heavy atom. The van der Waals surface area contributed by atoms with Crippen molar-refractivity contribution in [3.8, 4) is 0 Å². The molecule has 106 valence electrons. The number of amides is 1. The van der Waals surface area contributed by atoms with E-state index in [2.05, 4.69) is 20.7 Å². The van der Waals surface area contributed by atoms with Crippen LogP contribution in [0, 0.1) is 6.92 Å². The SMILES string of the molecule is Cc1csc2c(NCCC(=O)N3CCCC3)ncnc12. The van der Waals surface area contributed by atoms with Gasteiger partial charge in [0.1, 0.15) is 12.1 Å². The summed E-state index contributed by atoms with van der Waals surface area (Å²) in [6.45, 7) is 4.51. The summed E-state index contributed by atoms with van der Waals surface area (Å²) in [6, 6.07) is 0. The third kappa shape index (κ3) is 2.60. The number of rotatable bonds is 4. The van der Waals surface area contributed by atoms with Crippen molar-refractivity contribution in [1.29, 1.82) is 0 Å². The standard InChI is InChI=1S/C14H18N4OS/c1-10-8-20-13-12(10)16-9-17-14(13)15-5-4-11(19)18-6-2-3-7-18/h8-9H,2-7H2,1H3,(H,15,16,17). The molecule has 0 atom stereocenters. The molecule has 0 unspecified atom stereocenters. The Kier molecular flexibility index (Phi) is 3.82. The van der Waals surface area contributed by atoms with Gasteiger partial charge in [0, 0.05) is 26.1 Å². The number of thiophene rings is 1. The first-order valence-electron chi connectivity index (χ1n) is 6.96. The predicted molar refractivity (Wildman–Crippen MR) is 81.1 cm³/mol. The summed E-state index contributed by atoms with van der Waals surface area (Å²) in [4.78, 5) is 22.5. The van der Waals surface area contributed by atoms with Crippen LogP contribution in [-0.2, 0) is 4.79 Å². The summed E-state index contributed by atoms with van der Waals surface area (Å²) in [6.07, 6.45) is 4.38. The lowest BCUT2D eigenvalue weighted by atomic mass is 10.3. The van der Waals surface area contributed by atoms with Gasteiger partial charge in [-0.2, -0.15) is 0 Å². The van der Waals surface area contributed by atoms with Crippen LogP contribution in [0.25, 0.3) is 10.2 Å². The Morgan fingerprint density at radius 2 is 2.20 bits per heavy atom. The summed E-state index contributed by atoms with van der Waals surface area (Å²) < 4.78 is 1.07. The lowest BCUT2D eigenvalue weighted by Gasteiger charge is -2.15. The first-order valence-corrected chi connectivity index (χ1v) is 7.84. The van der Waals surface area contributed by atoms with Gasteiger partial charge in [-0.1, -0.05) is 0 Å². The molecule has 2 aromatic heterocycles. The first-order chi connectivity index (χ1) is 9.75. The summed E-state index contributed by atoms with van der Waals surface area (Å²) in [5.74, 6) is 1.07. The monoisotopic (exact) mass is 290 g/mol. The van der Waals surface area contributed by atoms with Crippen LogP contribution in [0.5, 0.6) is 0 Å². The number of hydrogen-bond acceptors (Lipinski definition) is 5. The van der Waals surface area contributed by atoms with E-state index in [1.165, 1.54) is 5.56 Å². The minimum absolute atomic E-state index is 0.239. The van der Waals surface area contributed by atoms with Crippen LogP contribution >= 0.6 is 11.3 Å². The molecule has 1 N–H and O–H groups in total. The second kappa shape index (κ2) is 5.75. The molecule has 0 bridgehead atoms. The largest absolute Gasteiger partial charge is 0.368 e. The van der Waals surface area contributed by atoms with Gasteiger partial charge in [0.05, 0.1) is 10.2 Å². The molecular formula is C14H18N4OS. The van der Waals surface area contributed by atoms with Crippen LogP contribution < -0.4 is 5.32 Å². The van der Waals surface area contributed by atoms with Crippen LogP contribution in [-0.4, -0.2) is 40.4 Å². The molecule has 5 nitrogen and oxygen atoms in total. The molecule has 1 aliphatic heterocycles. The number of carbonyl (C=O) groups is 1. The molecule has 1 amide bonds. The summed E-state index contributed by atoms with van der Waals surface area (Å²) in [7, 11) is 0. The van der Waals surface area contributed by atoms with E-state index >= 15 is 0 Å². The maximum atomic E-state index is 12.0. The quantitative estimate of drug-likeness (QED) is 0.939. The number of fused-ring (bicyclic) bond motifs is 1. The number of likely N-dealkylation sites (tertiary alicyclic amines) is 1. The zero-order valence-corrected chi connectivity index (χ0v) is 12.4. The van der Waals surface area contributed by atoms with Crippen molar-refractivity contribution in [2.75, 3.05) is 25.0 Å². The van der Waals surface area contributed by atoms with E-state index < -0.39 is 0 Å². The molecule has 1 aliphatic rings. The van der Waals surface area contributed by atoms with Gasteiger partial charge >= 0.3 is 0 Å². The molecule has 3 heterocycles.